The smallest absolute Gasteiger partial charge is 0.289 e. The number of aliphatic hydroxyl groups is 1. The number of hydrogen-bond donors (Lipinski definition) is 2. The van der Waals surface area contributed by atoms with Gasteiger partial charge in [0.15, 0.2) is 5.60 Å². The number of benzene rings is 2. The van der Waals surface area contributed by atoms with Crippen LogP contribution in [0.15, 0.2) is 53.5 Å². The van der Waals surface area contributed by atoms with Gasteiger partial charge >= 0.3 is 0 Å². The second-order valence-electron chi connectivity index (χ2n) is 7.51. The first-order valence-corrected chi connectivity index (χ1v) is 9.38. The molecule has 1 unspecified atom stereocenters. The monoisotopic (exact) mass is 367 g/mol. The van der Waals surface area contributed by atoms with Crippen molar-refractivity contribution in [2.75, 3.05) is 26.2 Å². The molecular weight excluding hydrogens is 345 g/mol. The summed E-state index contributed by atoms with van der Waals surface area (Å²) in [6.07, 6.45) is 0.324. The van der Waals surface area contributed by atoms with E-state index in [1.807, 2.05) is 18.2 Å². The predicted molar refractivity (Wildman–Crippen MR) is 100 cm³/mol. The number of rotatable bonds is 1. The summed E-state index contributed by atoms with van der Waals surface area (Å²) in [4.78, 5) is 6.81. The van der Waals surface area contributed by atoms with Crippen LogP contribution in [0.25, 0.3) is 0 Å². The predicted octanol–water partition coefficient (Wildman–Crippen LogP) is 1.86. The normalized spacial score (nSPS) is 29.6. The summed E-state index contributed by atoms with van der Waals surface area (Å²) in [6.45, 7) is 2.32. The highest BCUT2D eigenvalue weighted by Gasteiger charge is 2.50. The van der Waals surface area contributed by atoms with E-state index in [1.54, 1.807) is 0 Å². The molecule has 3 atom stereocenters. The largest absolute Gasteiger partial charge is 0.452 e. The maximum Gasteiger partial charge on any atom is 0.289 e. The fraction of sp³-hybridized carbons (Fsp3) is 0.381. The van der Waals surface area contributed by atoms with E-state index >= 15 is 0 Å². The number of hydrogen-bond acceptors (Lipinski definition) is 5. The Kier molecular flexibility index (Phi) is 3.91. The minimum Gasteiger partial charge on any atom is -0.452 e. The van der Waals surface area contributed by atoms with Crippen LogP contribution in [0.2, 0.25) is 0 Å². The van der Waals surface area contributed by atoms with Crippen molar-refractivity contribution in [2.45, 2.75) is 24.2 Å². The molecule has 0 aliphatic carbocycles. The van der Waals surface area contributed by atoms with Crippen molar-refractivity contribution in [1.82, 2.24) is 10.2 Å². The van der Waals surface area contributed by atoms with E-state index in [-0.39, 0.29) is 11.9 Å². The van der Waals surface area contributed by atoms with Crippen LogP contribution in [0.4, 0.5) is 4.39 Å². The minimum atomic E-state index is -0.667. The SMILES string of the molecule is O[C@H]1CNCC12CN=C(N1CCc3ccccc3[C@@H]1c1ccc(F)cc1)O2. The zero-order chi connectivity index (χ0) is 18.4. The van der Waals surface area contributed by atoms with Crippen LogP contribution < -0.4 is 5.32 Å². The molecule has 3 heterocycles. The Morgan fingerprint density at radius 3 is 2.78 bits per heavy atom. The second kappa shape index (κ2) is 6.32. The fourth-order valence-corrected chi connectivity index (χ4v) is 4.36. The number of amidine groups is 1. The summed E-state index contributed by atoms with van der Waals surface area (Å²) >= 11 is 0. The average Bonchev–Trinajstić information content (AvgIpc) is 3.28. The molecule has 0 amide bonds. The number of aliphatic imine (C=N–C) groups is 1. The summed E-state index contributed by atoms with van der Waals surface area (Å²) < 4.78 is 19.7. The molecule has 3 aliphatic heterocycles. The summed E-state index contributed by atoms with van der Waals surface area (Å²) in [5.41, 5.74) is 2.81. The third-order valence-electron chi connectivity index (χ3n) is 5.86. The van der Waals surface area contributed by atoms with Gasteiger partial charge in [0.25, 0.3) is 6.02 Å². The molecule has 1 fully saturated rings. The van der Waals surface area contributed by atoms with E-state index < -0.39 is 11.7 Å². The second-order valence-corrected chi connectivity index (χ2v) is 7.51. The van der Waals surface area contributed by atoms with Gasteiger partial charge in [0.05, 0.1) is 12.6 Å². The molecule has 3 aliphatic rings. The number of β-amino-alcohol motifs (C(OH)–C–C–N with tert-alkyl or cyclic N) is 1. The van der Waals surface area contributed by atoms with Crippen LogP contribution in [-0.4, -0.2) is 53.9 Å². The van der Waals surface area contributed by atoms with Gasteiger partial charge in [0, 0.05) is 19.6 Å². The topological polar surface area (TPSA) is 57.1 Å². The summed E-state index contributed by atoms with van der Waals surface area (Å²) in [6, 6.07) is 15.5. The van der Waals surface area contributed by atoms with E-state index in [9.17, 15) is 9.50 Å². The summed E-state index contributed by atoms with van der Waals surface area (Å²) in [7, 11) is 0. The molecule has 6 heteroatoms. The number of fused-ring (bicyclic) bond motifs is 1. The van der Waals surface area contributed by atoms with Crippen molar-refractivity contribution in [3.05, 3.63) is 71.0 Å². The highest BCUT2D eigenvalue weighted by molar-refractivity contribution is 5.78. The van der Waals surface area contributed by atoms with E-state index in [4.69, 9.17) is 4.74 Å². The number of halogens is 1. The van der Waals surface area contributed by atoms with Crippen molar-refractivity contribution >= 4 is 6.02 Å². The number of nitrogens with zero attached hydrogens (tertiary/aromatic N) is 2. The lowest BCUT2D eigenvalue weighted by Crippen LogP contribution is -2.48. The molecule has 0 saturated carbocycles. The first-order chi connectivity index (χ1) is 13.2. The van der Waals surface area contributed by atoms with Crippen LogP contribution in [0, 0.1) is 5.82 Å². The van der Waals surface area contributed by atoms with Gasteiger partial charge in [0.1, 0.15) is 11.9 Å². The Labute approximate surface area is 157 Å². The maximum absolute atomic E-state index is 13.5. The van der Waals surface area contributed by atoms with Crippen LogP contribution in [0.1, 0.15) is 22.7 Å². The Bertz CT molecular complexity index is 885. The van der Waals surface area contributed by atoms with Crippen LogP contribution in [0.3, 0.4) is 0 Å². The van der Waals surface area contributed by atoms with Gasteiger partial charge in [-0.15, -0.1) is 0 Å². The van der Waals surface area contributed by atoms with Crippen molar-refractivity contribution in [3.8, 4) is 0 Å². The van der Waals surface area contributed by atoms with Crippen molar-refractivity contribution in [1.29, 1.82) is 0 Å². The lowest BCUT2D eigenvalue weighted by atomic mass is 9.88. The summed E-state index contributed by atoms with van der Waals surface area (Å²) in [5.74, 6) is -0.247. The minimum absolute atomic E-state index is 0.0871. The Balaban J connectivity index is 1.52. The number of aliphatic hydroxyl groups excluding tert-OH is 1. The van der Waals surface area contributed by atoms with Gasteiger partial charge < -0.3 is 20.1 Å². The van der Waals surface area contributed by atoms with Crippen LogP contribution in [-0.2, 0) is 11.2 Å². The Morgan fingerprint density at radius 2 is 2.00 bits per heavy atom. The highest BCUT2D eigenvalue weighted by atomic mass is 19.1. The quantitative estimate of drug-likeness (QED) is 0.808. The van der Waals surface area contributed by atoms with Crippen molar-refractivity contribution in [2.24, 2.45) is 4.99 Å². The molecule has 0 aromatic heterocycles. The molecule has 1 saturated heterocycles. The fourth-order valence-electron chi connectivity index (χ4n) is 4.36. The van der Waals surface area contributed by atoms with Gasteiger partial charge in [-0.25, -0.2) is 9.38 Å². The van der Waals surface area contributed by atoms with Gasteiger partial charge in [-0.05, 0) is 35.2 Å². The molecule has 2 aromatic rings. The van der Waals surface area contributed by atoms with Crippen LogP contribution in [0.5, 0.6) is 0 Å². The maximum atomic E-state index is 13.5. The molecule has 1 spiro atoms. The zero-order valence-corrected chi connectivity index (χ0v) is 14.9. The molecular formula is C21H22FN3O2. The summed E-state index contributed by atoms with van der Waals surface area (Å²) in [5, 5.41) is 13.5. The van der Waals surface area contributed by atoms with E-state index in [2.05, 4.69) is 33.4 Å². The lowest BCUT2D eigenvalue weighted by Gasteiger charge is -2.39. The van der Waals surface area contributed by atoms with Crippen molar-refractivity contribution < 1.29 is 14.2 Å². The van der Waals surface area contributed by atoms with E-state index in [0.717, 1.165) is 18.5 Å². The first kappa shape index (κ1) is 16.7. The molecule has 27 heavy (non-hydrogen) atoms. The molecule has 2 aromatic carbocycles. The van der Waals surface area contributed by atoms with E-state index in [1.165, 1.54) is 23.3 Å². The third kappa shape index (κ3) is 2.71. The standard InChI is InChI=1S/C21H22FN3O2/c22-16-7-5-15(6-8-16)19-17-4-2-1-3-14(17)9-10-25(19)20-24-13-21(27-20)12-23-11-18(21)26/h1-8,18-19,23,26H,9-13H2/t18-,19-,21?/m0/s1. The molecule has 2 N–H and O–H groups in total. The Morgan fingerprint density at radius 1 is 1.19 bits per heavy atom. The molecule has 0 radical (unpaired) electrons. The number of nitrogens with one attached hydrogen (secondary N) is 1. The average molecular weight is 367 g/mol. The van der Waals surface area contributed by atoms with Crippen molar-refractivity contribution in [3.63, 3.8) is 0 Å². The third-order valence-corrected chi connectivity index (χ3v) is 5.86. The molecule has 5 nitrogen and oxygen atoms in total. The molecule has 0 bridgehead atoms. The van der Waals surface area contributed by atoms with Crippen LogP contribution >= 0.6 is 0 Å². The van der Waals surface area contributed by atoms with Gasteiger partial charge in [0.2, 0.25) is 0 Å². The van der Waals surface area contributed by atoms with E-state index in [0.29, 0.717) is 25.7 Å². The molecule has 5 rings (SSSR count). The zero-order valence-electron chi connectivity index (χ0n) is 14.9. The lowest BCUT2D eigenvalue weighted by molar-refractivity contribution is -0.0172. The first-order valence-electron chi connectivity index (χ1n) is 9.38. The molecule has 140 valence electrons. The number of ether oxygens (including phenoxy) is 1. The van der Waals surface area contributed by atoms with Gasteiger partial charge in [-0.2, -0.15) is 0 Å². The van der Waals surface area contributed by atoms with Gasteiger partial charge in [-0.3, -0.25) is 0 Å². The highest BCUT2D eigenvalue weighted by Crippen LogP contribution is 2.38. The Hall–Kier alpha value is -2.44. The van der Waals surface area contributed by atoms with Gasteiger partial charge in [-0.1, -0.05) is 36.4 Å².